The Morgan fingerprint density at radius 2 is 1.95 bits per heavy atom. The Morgan fingerprint density at radius 1 is 1.26 bits per heavy atom. The van der Waals surface area contributed by atoms with Crippen molar-refractivity contribution in [3.8, 4) is 0 Å². The molecule has 3 rings (SSSR count). The largest absolute Gasteiger partial charge is 0.301 e. The SMILES string of the molecule is Cc1nc(C(NC2CC2)c2ccc(F)cc2)sc1C. The van der Waals surface area contributed by atoms with E-state index < -0.39 is 0 Å². The molecule has 0 amide bonds. The molecule has 4 heteroatoms. The van der Waals surface area contributed by atoms with Crippen molar-refractivity contribution in [1.82, 2.24) is 10.3 Å². The van der Waals surface area contributed by atoms with Gasteiger partial charge in [-0.3, -0.25) is 0 Å². The summed E-state index contributed by atoms with van der Waals surface area (Å²) in [7, 11) is 0. The quantitative estimate of drug-likeness (QED) is 0.920. The van der Waals surface area contributed by atoms with Crippen molar-refractivity contribution in [3.05, 3.63) is 51.2 Å². The topological polar surface area (TPSA) is 24.9 Å². The molecular weight excluding hydrogens is 259 g/mol. The second-order valence-corrected chi connectivity index (χ2v) is 6.35. The number of aromatic nitrogens is 1. The molecule has 1 atom stereocenters. The zero-order chi connectivity index (χ0) is 13.4. The monoisotopic (exact) mass is 276 g/mol. The van der Waals surface area contributed by atoms with Crippen molar-refractivity contribution in [2.45, 2.75) is 38.8 Å². The summed E-state index contributed by atoms with van der Waals surface area (Å²) >= 11 is 1.72. The van der Waals surface area contributed by atoms with Gasteiger partial charge in [0.05, 0.1) is 11.7 Å². The molecule has 100 valence electrons. The van der Waals surface area contributed by atoms with Crippen LogP contribution in [0, 0.1) is 19.7 Å². The lowest BCUT2D eigenvalue weighted by Crippen LogP contribution is -2.24. The van der Waals surface area contributed by atoms with Crippen molar-refractivity contribution in [2.75, 3.05) is 0 Å². The van der Waals surface area contributed by atoms with Crippen LogP contribution in [0.2, 0.25) is 0 Å². The number of benzene rings is 1. The Bertz CT molecular complexity index is 553. The summed E-state index contributed by atoms with van der Waals surface area (Å²) in [5.74, 6) is -0.194. The summed E-state index contributed by atoms with van der Waals surface area (Å²) in [6.07, 6.45) is 2.45. The van der Waals surface area contributed by atoms with Gasteiger partial charge in [-0.25, -0.2) is 9.37 Å². The van der Waals surface area contributed by atoms with Crippen molar-refractivity contribution in [2.24, 2.45) is 0 Å². The molecule has 0 radical (unpaired) electrons. The van der Waals surface area contributed by atoms with E-state index in [1.807, 2.05) is 19.1 Å². The highest BCUT2D eigenvalue weighted by atomic mass is 32.1. The van der Waals surface area contributed by atoms with E-state index in [2.05, 4.69) is 17.2 Å². The average molecular weight is 276 g/mol. The highest BCUT2D eigenvalue weighted by Gasteiger charge is 2.28. The van der Waals surface area contributed by atoms with Gasteiger partial charge in [0, 0.05) is 10.9 Å². The van der Waals surface area contributed by atoms with E-state index >= 15 is 0 Å². The van der Waals surface area contributed by atoms with Crippen LogP contribution in [0.3, 0.4) is 0 Å². The van der Waals surface area contributed by atoms with Crippen LogP contribution in [0.5, 0.6) is 0 Å². The van der Waals surface area contributed by atoms with E-state index in [9.17, 15) is 4.39 Å². The number of thiazole rings is 1. The number of hydrogen-bond acceptors (Lipinski definition) is 3. The van der Waals surface area contributed by atoms with Crippen LogP contribution >= 0.6 is 11.3 Å². The molecule has 1 aliphatic carbocycles. The molecular formula is C15H17FN2S. The maximum atomic E-state index is 13.1. The molecule has 2 aromatic rings. The van der Waals surface area contributed by atoms with E-state index in [4.69, 9.17) is 0 Å². The summed E-state index contributed by atoms with van der Waals surface area (Å²) in [5.41, 5.74) is 2.17. The van der Waals surface area contributed by atoms with Crippen LogP contribution in [0.1, 0.15) is 40.0 Å². The number of nitrogens with one attached hydrogen (secondary N) is 1. The highest BCUT2D eigenvalue weighted by molar-refractivity contribution is 7.11. The maximum Gasteiger partial charge on any atom is 0.123 e. The molecule has 1 aromatic carbocycles. The Hall–Kier alpha value is -1.26. The second kappa shape index (κ2) is 5.02. The van der Waals surface area contributed by atoms with E-state index in [0.717, 1.165) is 16.3 Å². The van der Waals surface area contributed by atoms with Crippen LogP contribution in [0.25, 0.3) is 0 Å². The molecule has 0 saturated heterocycles. The number of hydrogen-bond donors (Lipinski definition) is 1. The van der Waals surface area contributed by atoms with Gasteiger partial charge >= 0.3 is 0 Å². The Balaban J connectivity index is 1.94. The van der Waals surface area contributed by atoms with Gasteiger partial charge in [0.1, 0.15) is 10.8 Å². The Labute approximate surface area is 116 Å². The average Bonchev–Trinajstić information content (AvgIpc) is 3.14. The second-order valence-electron chi connectivity index (χ2n) is 5.12. The molecule has 0 bridgehead atoms. The van der Waals surface area contributed by atoms with E-state index in [1.54, 1.807) is 11.3 Å². The molecule has 1 unspecified atom stereocenters. The number of aryl methyl sites for hydroxylation is 2. The molecule has 19 heavy (non-hydrogen) atoms. The molecule has 1 heterocycles. The summed E-state index contributed by atoms with van der Waals surface area (Å²) in [6, 6.07) is 7.40. The summed E-state index contributed by atoms with van der Waals surface area (Å²) in [5, 5.41) is 4.69. The number of nitrogens with zero attached hydrogens (tertiary/aromatic N) is 1. The standard InChI is InChI=1S/C15H17FN2S/c1-9-10(2)19-15(17-9)14(18-13-7-8-13)11-3-5-12(16)6-4-11/h3-6,13-14,18H,7-8H2,1-2H3. The van der Waals surface area contributed by atoms with E-state index in [1.165, 1.54) is 29.9 Å². The van der Waals surface area contributed by atoms with Crippen LogP contribution in [-0.2, 0) is 0 Å². The lowest BCUT2D eigenvalue weighted by atomic mass is 10.1. The van der Waals surface area contributed by atoms with Gasteiger partial charge in [-0.15, -0.1) is 11.3 Å². The zero-order valence-electron chi connectivity index (χ0n) is 11.1. The Morgan fingerprint density at radius 3 is 2.47 bits per heavy atom. The first kappa shape index (κ1) is 12.8. The van der Waals surface area contributed by atoms with Crippen molar-refractivity contribution in [1.29, 1.82) is 0 Å². The minimum absolute atomic E-state index is 0.0884. The lowest BCUT2D eigenvalue weighted by Gasteiger charge is -2.16. The van der Waals surface area contributed by atoms with Crippen LogP contribution in [0.15, 0.2) is 24.3 Å². The predicted molar refractivity (Wildman–Crippen MR) is 76.0 cm³/mol. The number of rotatable bonds is 4. The third kappa shape index (κ3) is 2.85. The summed E-state index contributed by atoms with van der Waals surface area (Å²) < 4.78 is 13.1. The van der Waals surface area contributed by atoms with Gasteiger partial charge in [-0.1, -0.05) is 12.1 Å². The highest BCUT2D eigenvalue weighted by Crippen LogP contribution is 2.32. The van der Waals surface area contributed by atoms with E-state index in [-0.39, 0.29) is 11.9 Å². The summed E-state index contributed by atoms with van der Waals surface area (Å²) in [4.78, 5) is 5.90. The molecule has 1 N–H and O–H groups in total. The van der Waals surface area contributed by atoms with Gasteiger partial charge in [-0.2, -0.15) is 0 Å². The minimum atomic E-state index is -0.194. The fourth-order valence-corrected chi connectivity index (χ4v) is 3.08. The molecule has 2 nitrogen and oxygen atoms in total. The summed E-state index contributed by atoms with van der Waals surface area (Å²) in [6.45, 7) is 4.13. The van der Waals surface area contributed by atoms with Gasteiger partial charge in [0.15, 0.2) is 0 Å². The van der Waals surface area contributed by atoms with Crippen molar-refractivity contribution >= 4 is 11.3 Å². The molecule has 1 aliphatic rings. The van der Waals surface area contributed by atoms with Crippen LogP contribution < -0.4 is 5.32 Å². The van der Waals surface area contributed by atoms with Crippen molar-refractivity contribution in [3.63, 3.8) is 0 Å². The van der Waals surface area contributed by atoms with Gasteiger partial charge in [0.2, 0.25) is 0 Å². The third-order valence-electron chi connectivity index (χ3n) is 3.48. The Kier molecular flexibility index (Phi) is 3.37. The molecule has 1 saturated carbocycles. The van der Waals surface area contributed by atoms with Crippen LogP contribution in [-0.4, -0.2) is 11.0 Å². The molecule has 0 spiro atoms. The smallest absolute Gasteiger partial charge is 0.123 e. The van der Waals surface area contributed by atoms with Gasteiger partial charge < -0.3 is 5.32 Å². The fourth-order valence-electron chi connectivity index (χ4n) is 2.07. The minimum Gasteiger partial charge on any atom is -0.301 e. The van der Waals surface area contributed by atoms with Gasteiger partial charge in [-0.05, 0) is 44.4 Å². The lowest BCUT2D eigenvalue weighted by molar-refractivity contribution is 0.591. The normalized spacial score (nSPS) is 16.6. The molecule has 0 aliphatic heterocycles. The first-order chi connectivity index (χ1) is 9.13. The third-order valence-corrected chi connectivity index (χ3v) is 4.61. The maximum absolute atomic E-state index is 13.1. The zero-order valence-corrected chi connectivity index (χ0v) is 11.9. The molecule has 1 aromatic heterocycles. The van der Waals surface area contributed by atoms with Crippen LogP contribution in [0.4, 0.5) is 4.39 Å². The molecule has 1 fully saturated rings. The predicted octanol–water partition coefficient (Wildman–Crippen LogP) is 3.74. The van der Waals surface area contributed by atoms with Crippen molar-refractivity contribution < 1.29 is 4.39 Å². The number of halogens is 1. The van der Waals surface area contributed by atoms with E-state index in [0.29, 0.717) is 6.04 Å². The first-order valence-electron chi connectivity index (χ1n) is 6.59. The fraction of sp³-hybridized carbons (Fsp3) is 0.400. The van der Waals surface area contributed by atoms with Gasteiger partial charge in [0.25, 0.3) is 0 Å². The first-order valence-corrected chi connectivity index (χ1v) is 7.40.